The Morgan fingerprint density at radius 2 is 1.42 bits per heavy atom. The van der Waals surface area contributed by atoms with Gasteiger partial charge >= 0.3 is 0 Å². The fraction of sp³-hybridized carbons (Fsp3) is 0.250. The maximum absolute atomic E-state index is 13.8. The largest absolute Gasteiger partial charge is 0.323 e. The molecule has 2 rings (SSSR count). The van der Waals surface area contributed by atoms with Crippen molar-refractivity contribution in [2.24, 2.45) is 5.73 Å². The van der Waals surface area contributed by atoms with Gasteiger partial charge in [0, 0.05) is 17.0 Å². The molecule has 0 spiro atoms. The van der Waals surface area contributed by atoms with Gasteiger partial charge in [-0.25, -0.2) is 8.78 Å². The molecule has 0 radical (unpaired) electrons. The fourth-order valence-corrected chi connectivity index (χ4v) is 2.22. The van der Waals surface area contributed by atoms with Crippen LogP contribution < -0.4 is 5.73 Å². The molecular formula is C16H17F2N. The molecule has 1 atom stereocenters. The minimum atomic E-state index is -0.754. The highest BCUT2D eigenvalue weighted by Gasteiger charge is 2.33. The van der Waals surface area contributed by atoms with E-state index in [4.69, 9.17) is 5.73 Å². The summed E-state index contributed by atoms with van der Waals surface area (Å²) >= 11 is 0. The third-order valence-corrected chi connectivity index (χ3v) is 3.61. The first-order chi connectivity index (χ1) is 8.94. The maximum Gasteiger partial charge on any atom is 0.130 e. The number of hydrogen-bond donors (Lipinski definition) is 1. The zero-order valence-electron chi connectivity index (χ0n) is 11.0. The van der Waals surface area contributed by atoms with Gasteiger partial charge in [0.25, 0.3) is 0 Å². The molecule has 0 saturated heterocycles. The van der Waals surface area contributed by atoms with Crippen molar-refractivity contribution in [2.45, 2.75) is 25.3 Å². The van der Waals surface area contributed by atoms with Gasteiger partial charge in [-0.2, -0.15) is 0 Å². The molecule has 0 saturated carbocycles. The fourth-order valence-electron chi connectivity index (χ4n) is 2.22. The van der Waals surface area contributed by atoms with Gasteiger partial charge < -0.3 is 5.73 Å². The van der Waals surface area contributed by atoms with Gasteiger partial charge in [-0.3, -0.25) is 0 Å². The summed E-state index contributed by atoms with van der Waals surface area (Å²) in [5.74, 6) is -1.20. The van der Waals surface area contributed by atoms with Crippen molar-refractivity contribution in [1.29, 1.82) is 0 Å². The van der Waals surface area contributed by atoms with Crippen molar-refractivity contribution in [3.63, 3.8) is 0 Å². The maximum atomic E-state index is 13.8. The molecule has 1 nitrogen and oxygen atoms in total. The molecular weight excluding hydrogens is 244 g/mol. The van der Waals surface area contributed by atoms with E-state index in [-0.39, 0.29) is 5.56 Å². The molecule has 2 aromatic rings. The Morgan fingerprint density at radius 1 is 0.895 bits per heavy atom. The number of benzene rings is 2. The third kappa shape index (κ3) is 2.51. The average molecular weight is 261 g/mol. The molecule has 0 aliphatic carbocycles. The SMILES string of the molecule is CC(C)(c1ccccc1)C(N)c1c(F)cccc1F. The van der Waals surface area contributed by atoms with Crippen molar-refractivity contribution in [1.82, 2.24) is 0 Å². The summed E-state index contributed by atoms with van der Waals surface area (Å²) in [4.78, 5) is 0. The van der Waals surface area contributed by atoms with E-state index in [0.29, 0.717) is 0 Å². The van der Waals surface area contributed by atoms with Crippen LogP contribution in [0.2, 0.25) is 0 Å². The number of nitrogens with two attached hydrogens (primary N) is 1. The van der Waals surface area contributed by atoms with Gasteiger partial charge in [-0.15, -0.1) is 0 Å². The highest BCUT2D eigenvalue weighted by Crippen LogP contribution is 2.36. The normalized spacial score (nSPS) is 13.3. The molecule has 19 heavy (non-hydrogen) atoms. The Morgan fingerprint density at radius 3 is 1.95 bits per heavy atom. The van der Waals surface area contributed by atoms with Gasteiger partial charge in [-0.05, 0) is 17.7 Å². The van der Waals surface area contributed by atoms with E-state index in [1.807, 2.05) is 44.2 Å². The molecule has 100 valence electrons. The minimum Gasteiger partial charge on any atom is -0.323 e. The van der Waals surface area contributed by atoms with Crippen LogP contribution in [0, 0.1) is 11.6 Å². The second kappa shape index (κ2) is 5.10. The standard InChI is InChI=1S/C16H17F2N/c1-16(2,11-7-4-3-5-8-11)15(19)14-12(17)9-6-10-13(14)18/h3-10,15H,19H2,1-2H3. The summed E-state index contributed by atoms with van der Waals surface area (Å²) in [7, 11) is 0. The Labute approximate surface area is 112 Å². The van der Waals surface area contributed by atoms with E-state index >= 15 is 0 Å². The molecule has 0 amide bonds. The lowest BCUT2D eigenvalue weighted by Crippen LogP contribution is -2.34. The quantitative estimate of drug-likeness (QED) is 0.889. The van der Waals surface area contributed by atoms with Crippen molar-refractivity contribution in [2.75, 3.05) is 0 Å². The van der Waals surface area contributed by atoms with Crippen LogP contribution in [0.3, 0.4) is 0 Å². The van der Waals surface area contributed by atoms with Gasteiger partial charge in [0.1, 0.15) is 11.6 Å². The smallest absolute Gasteiger partial charge is 0.130 e. The van der Waals surface area contributed by atoms with Crippen LogP contribution in [0.15, 0.2) is 48.5 Å². The van der Waals surface area contributed by atoms with E-state index in [9.17, 15) is 8.78 Å². The lowest BCUT2D eigenvalue weighted by Gasteiger charge is -2.33. The predicted octanol–water partition coefficient (Wildman–Crippen LogP) is 3.94. The first kappa shape index (κ1) is 13.7. The van der Waals surface area contributed by atoms with Crippen molar-refractivity contribution in [3.05, 3.63) is 71.3 Å². The molecule has 1 unspecified atom stereocenters. The van der Waals surface area contributed by atoms with Gasteiger partial charge in [0.15, 0.2) is 0 Å². The van der Waals surface area contributed by atoms with E-state index in [1.54, 1.807) is 0 Å². The van der Waals surface area contributed by atoms with Crippen molar-refractivity contribution < 1.29 is 8.78 Å². The van der Waals surface area contributed by atoms with Crippen LogP contribution in [-0.2, 0) is 5.41 Å². The first-order valence-corrected chi connectivity index (χ1v) is 6.19. The Hall–Kier alpha value is -1.74. The summed E-state index contributed by atoms with van der Waals surface area (Å²) in [6.07, 6.45) is 0. The van der Waals surface area contributed by atoms with Crippen LogP contribution in [0.25, 0.3) is 0 Å². The Bertz CT molecular complexity index is 544. The molecule has 3 heteroatoms. The lowest BCUT2D eigenvalue weighted by atomic mass is 9.75. The summed E-state index contributed by atoms with van der Waals surface area (Å²) in [5.41, 5.74) is 6.45. The van der Waals surface area contributed by atoms with E-state index in [2.05, 4.69) is 0 Å². The molecule has 0 fully saturated rings. The van der Waals surface area contributed by atoms with Crippen molar-refractivity contribution >= 4 is 0 Å². The number of hydrogen-bond acceptors (Lipinski definition) is 1. The average Bonchev–Trinajstić information content (AvgIpc) is 2.39. The molecule has 2 N–H and O–H groups in total. The molecule has 0 aromatic heterocycles. The lowest BCUT2D eigenvalue weighted by molar-refractivity contribution is 0.390. The van der Waals surface area contributed by atoms with Crippen LogP contribution in [0.1, 0.15) is 31.0 Å². The molecule has 0 bridgehead atoms. The van der Waals surface area contributed by atoms with E-state index < -0.39 is 23.1 Å². The second-order valence-corrected chi connectivity index (χ2v) is 5.20. The summed E-state index contributed by atoms with van der Waals surface area (Å²) in [5, 5.41) is 0. The van der Waals surface area contributed by atoms with E-state index in [0.717, 1.165) is 5.56 Å². The Balaban J connectivity index is 2.46. The first-order valence-electron chi connectivity index (χ1n) is 6.19. The molecule has 0 aliphatic rings. The predicted molar refractivity (Wildman–Crippen MR) is 72.8 cm³/mol. The van der Waals surface area contributed by atoms with Gasteiger partial charge in [0.05, 0.1) is 0 Å². The van der Waals surface area contributed by atoms with Crippen LogP contribution in [0.5, 0.6) is 0 Å². The zero-order valence-corrected chi connectivity index (χ0v) is 11.0. The highest BCUT2D eigenvalue weighted by atomic mass is 19.1. The monoisotopic (exact) mass is 261 g/mol. The van der Waals surface area contributed by atoms with Gasteiger partial charge in [-0.1, -0.05) is 50.2 Å². The zero-order chi connectivity index (χ0) is 14.0. The van der Waals surface area contributed by atoms with Crippen LogP contribution >= 0.6 is 0 Å². The minimum absolute atomic E-state index is 0.0589. The topological polar surface area (TPSA) is 26.0 Å². The summed E-state index contributed by atoms with van der Waals surface area (Å²) < 4.78 is 27.7. The molecule has 0 heterocycles. The van der Waals surface area contributed by atoms with Gasteiger partial charge in [0.2, 0.25) is 0 Å². The second-order valence-electron chi connectivity index (χ2n) is 5.20. The molecule has 2 aromatic carbocycles. The highest BCUT2D eigenvalue weighted by molar-refractivity contribution is 5.33. The Kier molecular flexibility index (Phi) is 3.67. The van der Waals surface area contributed by atoms with Crippen LogP contribution in [0.4, 0.5) is 8.78 Å². The summed E-state index contributed by atoms with van der Waals surface area (Å²) in [6, 6.07) is 12.6. The summed E-state index contributed by atoms with van der Waals surface area (Å²) in [6.45, 7) is 3.78. The van der Waals surface area contributed by atoms with Crippen LogP contribution in [-0.4, -0.2) is 0 Å². The van der Waals surface area contributed by atoms with E-state index in [1.165, 1.54) is 18.2 Å². The van der Waals surface area contributed by atoms with Crippen molar-refractivity contribution in [3.8, 4) is 0 Å². The molecule has 0 aliphatic heterocycles. The number of rotatable bonds is 3. The third-order valence-electron chi connectivity index (χ3n) is 3.61. The number of halogens is 2.